The number of Topliss-reactive ketones (excluding diaryl/α,β-unsaturated/α-hetero) is 2. The van der Waals surface area contributed by atoms with Gasteiger partial charge < -0.3 is 36.6 Å². The molecular weight excluding hydrogens is 476 g/mol. The number of primary amides is 1. The molecule has 8 N–H and O–H groups in total. The van der Waals surface area contributed by atoms with Gasteiger partial charge in [0, 0.05) is 30.8 Å². The van der Waals surface area contributed by atoms with Crippen molar-refractivity contribution < 1.29 is 49.5 Å². The van der Waals surface area contributed by atoms with Crippen LogP contribution < -0.4 is 11.1 Å². The maximum absolute atomic E-state index is 13.4. The minimum absolute atomic E-state index is 0.0196. The van der Waals surface area contributed by atoms with Gasteiger partial charge in [0.05, 0.1) is 11.3 Å². The molecule has 0 heterocycles. The van der Waals surface area contributed by atoms with E-state index in [0.29, 0.717) is 5.56 Å². The average Bonchev–Trinajstić information content (AvgIpc) is 2.77. The van der Waals surface area contributed by atoms with Crippen LogP contribution in [-0.2, 0) is 30.4 Å². The number of carbonyl (C=O) groups excluding carboxylic acids is 4. The molecule has 1 aromatic carbocycles. The molecule has 1 aromatic rings. The van der Waals surface area contributed by atoms with Crippen LogP contribution >= 0.6 is 0 Å². The summed E-state index contributed by atoms with van der Waals surface area (Å²) < 4.78 is 0. The number of hydrogen-bond donors (Lipinski definition) is 7. The second-order valence-electron chi connectivity index (χ2n) is 9.20. The maximum atomic E-state index is 13.4. The molecule has 12 nitrogen and oxygen atoms in total. The second-order valence-corrected chi connectivity index (χ2v) is 9.20. The lowest BCUT2D eigenvalue weighted by Gasteiger charge is -2.46. The van der Waals surface area contributed by atoms with E-state index in [9.17, 15) is 44.4 Å². The quantitative estimate of drug-likeness (QED) is 0.213. The van der Waals surface area contributed by atoms with Gasteiger partial charge in [-0.3, -0.25) is 24.0 Å². The van der Waals surface area contributed by atoms with Gasteiger partial charge in [0.2, 0.25) is 11.7 Å². The maximum Gasteiger partial charge on any atom is 0.303 e. The molecule has 0 aliphatic heterocycles. The number of hydrogen-bond acceptors (Lipinski definition) is 9. The van der Waals surface area contributed by atoms with Gasteiger partial charge >= 0.3 is 5.97 Å². The number of phenols is 1. The number of carboxylic acid groups (broad SMARTS) is 1. The van der Waals surface area contributed by atoms with Crippen LogP contribution in [0.4, 0.5) is 5.69 Å². The van der Waals surface area contributed by atoms with Crippen LogP contribution in [0.1, 0.15) is 43.2 Å². The van der Waals surface area contributed by atoms with Crippen LogP contribution in [0, 0.1) is 11.8 Å². The van der Waals surface area contributed by atoms with Gasteiger partial charge in [0.1, 0.15) is 22.8 Å². The molecular formula is C24H24N2O10. The lowest BCUT2D eigenvalue weighted by atomic mass is 9.59. The highest BCUT2D eigenvalue weighted by Crippen LogP contribution is 2.52. The van der Waals surface area contributed by atoms with Crippen LogP contribution in [0.2, 0.25) is 0 Å². The molecule has 3 aliphatic carbocycles. The Morgan fingerprint density at radius 2 is 1.78 bits per heavy atom. The van der Waals surface area contributed by atoms with Crippen LogP contribution in [0.5, 0.6) is 5.75 Å². The zero-order chi connectivity index (χ0) is 26.5. The number of anilines is 1. The zero-order valence-electron chi connectivity index (χ0n) is 18.9. The topological polar surface area (TPSA) is 225 Å². The summed E-state index contributed by atoms with van der Waals surface area (Å²) in [7, 11) is 0. The first-order chi connectivity index (χ1) is 16.9. The SMILES string of the molecule is NC(=O)C1=C(O)C2(O)C(=O)C3=C(O)c4c(ccc(NC(=O)CCCC(=O)O)c4O)CC3CC2CC1=O. The number of nitrogens with one attached hydrogen (secondary N) is 1. The Balaban J connectivity index is 1.72. The monoisotopic (exact) mass is 500 g/mol. The average molecular weight is 500 g/mol. The van der Waals surface area contributed by atoms with E-state index < -0.39 is 76.0 Å². The van der Waals surface area contributed by atoms with E-state index in [2.05, 4.69) is 5.32 Å². The van der Waals surface area contributed by atoms with Gasteiger partial charge in [-0.25, -0.2) is 0 Å². The molecule has 1 fully saturated rings. The first-order valence-electron chi connectivity index (χ1n) is 11.2. The van der Waals surface area contributed by atoms with Gasteiger partial charge in [0.15, 0.2) is 11.4 Å². The largest absolute Gasteiger partial charge is 0.508 e. The first-order valence-corrected chi connectivity index (χ1v) is 11.2. The van der Waals surface area contributed by atoms with Crippen molar-refractivity contribution in [3.63, 3.8) is 0 Å². The van der Waals surface area contributed by atoms with Crippen molar-refractivity contribution in [3.05, 3.63) is 40.2 Å². The second kappa shape index (κ2) is 8.79. The molecule has 190 valence electrons. The molecule has 36 heavy (non-hydrogen) atoms. The zero-order valence-corrected chi connectivity index (χ0v) is 18.9. The van der Waals surface area contributed by atoms with E-state index in [4.69, 9.17) is 10.8 Å². The number of carbonyl (C=O) groups is 5. The number of rotatable bonds is 6. The van der Waals surface area contributed by atoms with Crippen molar-refractivity contribution >= 4 is 40.8 Å². The van der Waals surface area contributed by atoms with E-state index >= 15 is 0 Å². The Hall–Kier alpha value is -4.19. The summed E-state index contributed by atoms with van der Waals surface area (Å²) in [5.41, 5.74) is 1.57. The molecule has 0 aromatic heterocycles. The van der Waals surface area contributed by atoms with Gasteiger partial charge in [-0.2, -0.15) is 0 Å². The fraction of sp³-hybridized carbons (Fsp3) is 0.375. The number of aliphatic carboxylic acids is 1. The molecule has 12 heteroatoms. The highest BCUT2D eigenvalue weighted by Gasteiger charge is 2.60. The van der Waals surface area contributed by atoms with E-state index in [1.165, 1.54) is 12.1 Å². The predicted molar refractivity (Wildman–Crippen MR) is 122 cm³/mol. The lowest BCUT2D eigenvalue weighted by molar-refractivity contribution is -0.147. The summed E-state index contributed by atoms with van der Waals surface area (Å²) in [6, 6.07) is 2.94. The summed E-state index contributed by atoms with van der Waals surface area (Å²) in [4.78, 5) is 60.2. The molecule has 3 unspecified atom stereocenters. The van der Waals surface area contributed by atoms with Crippen LogP contribution in [-0.4, -0.2) is 60.5 Å². The summed E-state index contributed by atoms with van der Waals surface area (Å²) in [5, 5.41) is 54.7. The molecule has 0 spiro atoms. The van der Waals surface area contributed by atoms with Crippen molar-refractivity contribution in [3.8, 4) is 5.75 Å². The molecule has 0 saturated heterocycles. The molecule has 3 aliphatic rings. The molecule has 3 atom stereocenters. The number of phenolic OH excluding ortho intramolecular Hbond substituents is 1. The number of benzene rings is 1. The third-order valence-electron chi connectivity index (χ3n) is 7.00. The van der Waals surface area contributed by atoms with E-state index in [-0.39, 0.29) is 48.9 Å². The summed E-state index contributed by atoms with van der Waals surface area (Å²) in [6.45, 7) is 0. The minimum Gasteiger partial charge on any atom is -0.508 e. The summed E-state index contributed by atoms with van der Waals surface area (Å²) in [5.74, 6) is -8.90. The fourth-order valence-electron chi connectivity index (χ4n) is 5.31. The molecule has 2 amide bonds. The molecule has 4 rings (SSSR count). The van der Waals surface area contributed by atoms with Gasteiger partial charge in [-0.05, 0) is 36.8 Å². The number of aliphatic hydroxyl groups is 3. The number of ketones is 2. The van der Waals surface area contributed by atoms with Crippen LogP contribution in [0.3, 0.4) is 0 Å². The standard InChI is InChI=1S/C24H24N2O10/c25-23(35)18-13(27)8-11-7-10-6-9-4-5-12(26-14(28)2-1-3-15(29)30)19(31)16(9)20(32)17(10)21(33)24(11,36)22(18)34/h4-5,10-11,31-32,34,36H,1-3,6-8H2,(H2,25,35)(H,26,28)(H,29,30). The predicted octanol–water partition coefficient (Wildman–Crippen LogP) is 0.617. The van der Waals surface area contributed by atoms with Crippen LogP contribution in [0.25, 0.3) is 5.76 Å². The Bertz CT molecular complexity index is 1290. The van der Waals surface area contributed by atoms with Crippen LogP contribution in [0.15, 0.2) is 29.0 Å². The van der Waals surface area contributed by atoms with Crippen molar-refractivity contribution in [1.29, 1.82) is 0 Å². The normalized spacial score (nSPS) is 25.1. The van der Waals surface area contributed by atoms with Crippen molar-refractivity contribution in [1.82, 2.24) is 0 Å². The number of fused-ring (bicyclic) bond motifs is 3. The van der Waals surface area contributed by atoms with E-state index in [1.807, 2.05) is 0 Å². The summed E-state index contributed by atoms with van der Waals surface area (Å²) in [6.07, 6.45) is -0.503. The smallest absolute Gasteiger partial charge is 0.303 e. The molecule has 0 radical (unpaired) electrons. The Kier molecular flexibility index (Phi) is 6.08. The fourth-order valence-corrected chi connectivity index (χ4v) is 5.31. The van der Waals surface area contributed by atoms with Gasteiger partial charge in [-0.1, -0.05) is 6.07 Å². The van der Waals surface area contributed by atoms with Crippen molar-refractivity contribution in [2.24, 2.45) is 17.6 Å². The van der Waals surface area contributed by atoms with Crippen molar-refractivity contribution in [2.45, 2.75) is 44.1 Å². The van der Waals surface area contributed by atoms with E-state index in [0.717, 1.165) is 0 Å². The molecule has 1 saturated carbocycles. The number of aromatic hydroxyl groups is 1. The number of aliphatic hydroxyl groups excluding tert-OH is 2. The number of carboxylic acids is 1. The first kappa shape index (κ1) is 24.9. The van der Waals surface area contributed by atoms with E-state index in [1.54, 1.807) is 0 Å². The highest BCUT2D eigenvalue weighted by atomic mass is 16.4. The minimum atomic E-state index is -2.65. The Morgan fingerprint density at radius 3 is 2.42 bits per heavy atom. The number of nitrogens with two attached hydrogens (primary N) is 1. The molecule has 0 bridgehead atoms. The summed E-state index contributed by atoms with van der Waals surface area (Å²) >= 11 is 0. The Morgan fingerprint density at radius 1 is 1.08 bits per heavy atom. The van der Waals surface area contributed by atoms with Gasteiger partial charge in [-0.15, -0.1) is 0 Å². The highest BCUT2D eigenvalue weighted by molar-refractivity contribution is 6.22. The third kappa shape index (κ3) is 3.79. The Labute approximate surface area is 203 Å². The third-order valence-corrected chi connectivity index (χ3v) is 7.00. The number of amides is 2. The lowest BCUT2D eigenvalue weighted by Crippen LogP contribution is -2.58. The van der Waals surface area contributed by atoms with Gasteiger partial charge in [0.25, 0.3) is 5.91 Å². The van der Waals surface area contributed by atoms with Crippen molar-refractivity contribution in [2.75, 3.05) is 5.32 Å².